The number of carbonyl (C=O) groups excluding carboxylic acids is 3. The summed E-state index contributed by atoms with van der Waals surface area (Å²) in [4.78, 5) is 34.9. The van der Waals surface area contributed by atoms with Crippen molar-refractivity contribution in [3.8, 4) is 5.75 Å². The topological polar surface area (TPSA) is 111 Å². The highest BCUT2D eigenvalue weighted by atomic mass is 35.5. The molecule has 0 atom stereocenters. The van der Waals surface area contributed by atoms with Gasteiger partial charge in [0.25, 0.3) is 11.8 Å². The van der Waals surface area contributed by atoms with E-state index >= 15 is 0 Å². The number of rotatable bonds is 9. The molecule has 2 rings (SSSR count). The Morgan fingerprint density at radius 3 is 2.43 bits per heavy atom. The number of halogens is 1. The third-order valence-electron chi connectivity index (χ3n) is 3.70. The van der Waals surface area contributed by atoms with E-state index in [4.69, 9.17) is 22.1 Å². The van der Waals surface area contributed by atoms with E-state index in [0.717, 1.165) is 12.0 Å². The van der Waals surface area contributed by atoms with E-state index in [0.29, 0.717) is 23.5 Å². The van der Waals surface area contributed by atoms with Crippen LogP contribution < -0.4 is 21.1 Å². The van der Waals surface area contributed by atoms with Gasteiger partial charge in [-0.05, 0) is 42.3 Å². The largest absolute Gasteiger partial charge is 0.484 e. The Hall–Kier alpha value is -3.06. The lowest BCUT2D eigenvalue weighted by Crippen LogP contribution is -2.24. The normalized spacial score (nSPS) is 10.2. The summed E-state index contributed by atoms with van der Waals surface area (Å²) in [6.07, 6.45) is 0.972. The average Bonchev–Trinajstić information content (AvgIpc) is 2.65. The number of carbonyl (C=O) groups is 3. The summed E-state index contributed by atoms with van der Waals surface area (Å²) in [5, 5.41) is 5.65. The summed E-state index contributed by atoms with van der Waals surface area (Å²) in [6, 6.07) is 11.4. The summed E-state index contributed by atoms with van der Waals surface area (Å²) in [5.74, 6) is -0.557. The van der Waals surface area contributed by atoms with Gasteiger partial charge >= 0.3 is 0 Å². The predicted molar refractivity (Wildman–Crippen MR) is 108 cm³/mol. The molecule has 0 fully saturated rings. The Labute approximate surface area is 168 Å². The predicted octanol–water partition coefficient (Wildman–Crippen LogP) is 2.53. The maximum absolute atomic E-state index is 12.0. The monoisotopic (exact) mass is 403 g/mol. The molecule has 28 heavy (non-hydrogen) atoms. The third-order valence-corrected chi connectivity index (χ3v) is 4.02. The number of amides is 3. The highest BCUT2D eigenvalue weighted by molar-refractivity contribution is 6.34. The molecule has 0 saturated heterocycles. The number of nitrogens with one attached hydrogen (secondary N) is 2. The summed E-state index contributed by atoms with van der Waals surface area (Å²) < 4.78 is 5.41. The fraction of sp³-hybridized carbons (Fsp3) is 0.250. The van der Waals surface area contributed by atoms with E-state index in [-0.39, 0.29) is 29.9 Å². The molecular weight excluding hydrogens is 382 g/mol. The minimum absolute atomic E-state index is 0.147. The van der Waals surface area contributed by atoms with Gasteiger partial charge in [-0.1, -0.05) is 30.7 Å². The van der Waals surface area contributed by atoms with Crippen LogP contribution in [0.15, 0.2) is 42.5 Å². The number of benzene rings is 2. The maximum Gasteiger partial charge on any atom is 0.262 e. The molecule has 0 heterocycles. The first kappa shape index (κ1) is 21.2. The summed E-state index contributed by atoms with van der Waals surface area (Å²) in [5.41, 5.74) is 6.71. The van der Waals surface area contributed by atoms with Crippen molar-refractivity contribution in [2.75, 3.05) is 18.5 Å². The molecule has 0 radical (unpaired) electrons. The first-order chi connectivity index (χ1) is 13.4. The number of nitrogens with two attached hydrogens (primary N) is 1. The van der Waals surface area contributed by atoms with Crippen LogP contribution in [0.5, 0.6) is 5.75 Å². The molecule has 0 aliphatic heterocycles. The lowest BCUT2D eigenvalue weighted by atomic mass is 10.1. The van der Waals surface area contributed by atoms with Crippen LogP contribution in [0.4, 0.5) is 5.69 Å². The number of primary amides is 1. The van der Waals surface area contributed by atoms with Crippen molar-refractivity contribution in [3.05, 3.63) is 58.6 Å². The molecule has 0 bridgehead atoms. The van der Waals surface area contributed by atoms with Crippen LogP contribution in [-0.4, -0.2) is 30.9 Å². The molecule has 0 aromatic heterocycles. The molecule has 4 N–H and O–H groups in total. The van der Waals surface area contributed by atoms with Crippen molar-refractivity contribution >= 4 is 35.0 Å². The fourth-order valence-corrected chi connectivity index (χ4v) is 2.63. The molecule has 148 valence electrons. The smallest absolute Gasteiger partial charge is 0.262 e. The Morgan fingerprint density at radius 2 is 1.82 bits per heavy atom. The van der Waals surface area contributed by atoms with E-state index in [9.17, 15) is 14.4 Å². The van der Waals surface area contributed by atoms with E-state index in [1.165, 1.54) is 6.07 Å². The van der Waals surface area contributed by atoms with E-state index in [1.54, 1.807) is 36.4 Å². The highest BCUT2D eigenvalue weighted by Gasteiger charge is 2.11. The number of hydrogen-bond donors (Lipinski definition) is 3. The molecular formula is C20H22ClN3O4. The summed E-state index contributed by atoms with van der Waals surface area (Å²) in [7, 11) is 0. The van der Waals surface area contributed by atoms with Crippen LogP contribution in [0.3, 0.4) is 0 Å². The highest BCUT2D eigenvalue weighted by Crippen LogP contribution is 2.21. The molecule has 0 aliphatic rings. The Morgan fingerprint density at radius 1 is 1.11 bits per heavy atom. The average molecular weight is 404 g/mol. The van der Waals surface area contributed by atoms with Crippen LogP contribution in [0, 0.1) is 0 Å². The van der Waals surface area contributed by atoms with Gasteiger partial charge in [-0.25, -0.2) is 0 Å². The number of hydrogen-bond acceptors (Lipinski definition) is 4. The van der Waals surface area contributed by atoms with Gasteiger partial charge in [-0.3, -0.25) is 14.4 Å². The van der Waals surface area contributed by atoms with Crippen molar-refractivity contribution in [1.82, 2.24) is 5.32 Å². The molecule has 0 spiro atoms. The Balaban J connectivity index is 1.88. The lowest BCUT2D eigenvalue weighted by molar-refractivity contribution is -0.118. The van der Waals surface area contributed by atoms with Crippen molar-refractivity contribution in [1.29, 1.82) is 0 Å². The molecule has 2 aromatic carbocycles. The Kier molecular flexibility index (Phi) is 7.83. The summed E-state index contributed by atoms with van der Waals surface area (Å²) >= 11 is 6.13. The van der Waals surface area contributed by atoms with Gasteiger partial charge in [0.2, 0.25) is 5.91 Å². The van der Waals surface area contributed by atoms with E-state index in [2.05, 4.69) is 10.6 Å². The van der Waals surface area contributed by atoms with Crippen LogP contribution in [0.2, 0.25) is 5.02 Å². The van der Waals surface area contributed by atoms with Crippen molar-refractivity contribution in [2.24, 2.45) is 5.73 Å². The minimum atomic E-state index is -0.416. The zero-order valence-corrected chi connectivity index (χ0v) is 16.2. The molecule has 0 saturated carbocycles. The first-order valence-corrected chi connectivity index (χ1v) is 9.14. The fourth-order valence-electron chi connectivity index (χ4n) is 2.36. The van der Waals surface area contributed by atoms with Crippen LogP contribution in [0.1, 0.15) is 29.3 Å². The number of ether oxygens (including phenoxy) is 1. The number of anilines is 1. The van der Waals surface area contributed by atoms with Gasteiger partial charge in [-0.2, -0.15) is 0 Å². The third kappa shape index (κ3) is 6.59. The molecule has 0 aliphatic carbocycles. The van der Waals surface area contributed by atoms with Crippen LogP contribution >= 0.6 is 11.6 Å². The van der Waals surface area contributed by atoms with Crippen molar-refractivity contribution in [2.45, 2.75) is 19.8 Å². The Bertz CT molecular complexity index is 853. The van der Waals surface area contributed by atoms with Gasteiger partial charge in [0, 0.05) is 12.2 Å². The van der Waals surface area contributed by atoms with Gasteiger partial charge < -0.3 is 21.1 Å². The quantitative estimate of drug-likeness (QED) is 0.597. The van der Waals surface area contributed by atoms with Crippen LogP contribution in [-0.2, 0) is 16.0 Å². The zero-order chi connectivity index (χ0) is 20.5. The van der Waals surface area contributed by atoms with Gasteiger partial charge in [0.05, 0.1) is 17.0 Å². The lowest BCUT2D eigenvalue weighted by Gasteiger charge is -2.10. The van der Waals surface area contributed by atoms with Crippen LogP contribution in [0.25, 0.3) is 0 Å². The maximum atomic E-state index is 12.0. The second-order valence-corrected chi connectivity index (χ2v) is 6.48. The van der Waals surface area contributed by atoms with Crippen molar-refractivity contribution in [3.63, 3.8) is 0 Å². The molecule has 3 amide bonds. The summed E-state index contributed by atoms with van der Waals surface area (Å²) in [6.45, 7) is 2.32. The van der Waals surface area contributed by atoms with Gasteiger partial charge in [-0.15, -0.1) is 0 Å². The minimum Gasteiger partial charge on any atom is -0.484 e. The molecule has 7 nitrogen and oxygen atoms in total. The second kappa shape index (κ2) is 10.3. The van der Waals surface area contributed by atoms with Gasteiger partial charge in [0.15, 0.2) is 6.61 Å². The zero-order valence-electron chi connectivity index (χ0n) is 15.5. The molecule has 2 aromatic rings. The standard InChI is InChI=1S/C20H22ClN3O4/c1-2-9-23-20(27)16-8-5-14(11-17(16)21)24-19(26)12-28-15-6-3-13(4-7-15)10-18(22)25/h3-8,11H,2,9-10,12H2,1H3,(H2,22,25)(H,23,27)(H,24,26). The second-order valence-electron chi connectivity index (χ2n) is 6.07. The van der Waals surface area contributed by atoms with Crippen molar-refractivity contribution < 1.29 is 19.1 Å². The van der Waals surface area contributed by atoms with E-state index in [1.807, 2.05) is 6.92 Å². The molecule has 8 heteroatoms. The van der Waals surface area contributed by atoms with Gasteiger partial charge in [0.1, 0.15) is 5.75 Å². The molecule has 0 unspecified atom stereocenters. The SMILES string of the molecule is CCCNC(=O)c1ccc(NC(=O)COc2ccc(CC(N)=O)cc2)cc1Cl. The first-order valence-electron chi connectivity index (χ1n) is 8.76. The van der Waals surface area contributed by atoms with E-state index < -0.39 is 5.91 Å².